The van der Waals surface area contributed by atoms with Crippen molar-refractivity contribution in [3.8, 4) is 0 Å². The number of nitrogens with zero attached hydrogens (tertiary/aromatic N) is 2. The predicted molar refractivity (Wildman–Crippen MR) is 94.1 cm³/mol. The quantitative estimate of drug-likeness (QED) is 0.471. The van der Waals surface area contributed by atoms with Crippen molar-refractivity contribution in [3.63, 3.8) is 0 Å². The Morgan fingerprint density at radius 2 is 2.15 bits per heavy atom. The Balaban J connectivity index is 2.13. The number of fused-ring (bicyclic) bond motifs is 1. The number of hydrogen-bond donors (Lipinski definition) is 0. The largest absolute Gasteiger partial charge is 0.328 e. The van der Waals surface area contributed by atoms with Gasteiger partial charge >= 0.3 is 0 Å². The fraction of sp³-hybridized carbons (Fsp3) is 0.533. The molecule has 20 heavy (non-hydrogen) atoms. The van der Waals surface area contributed by atoms with E-state index in [4.69, 9.17) is 16.6 Å². The van der Waals surface area contributed by atoms with Gasteiger partial charge in [-0.2, -0.15) is 11.8 Å². The van der Waals surface area contributed by atoms with Crippen molar-refractivity contribution in [1.82, 2.24) is 9.55 Å². The molecule has 0 saturated heterocycles. The summed E-state index contributed by atoms with van der Waals surface area (Å²) in [5.41, 5.74) is 2.28. The molecule has 2 rings (SSSR count). The third kappa shape index (κ3) is 4.15. The van der Waals surface area contributed by atoms with Crippen LogP contribution in [-0.2, 0) is 13.0 Å². The predicted octanol–water partition coefficient (Wildman–Crippen LogP) is 5.11. The second-order valence-corrected chi connectivity index (χ2v) is 7.08. The standard InChI is InChI=1S/C15H20BrClN2S/c1-20-10-4-2-3-9-19-14-6-5-12(16)11-13(14)18-15(19)7-8-17/h5-6,11H,2-4,7-10H2,1H3. The molecule has 0 aliphatic carbocycles. The van der Waals surface area contributed by atoms with Crippen LogP contribution in [0, 0.1) is 0 Å². The Bertz CT molecular complexity index is 556. The van der Waals surface area contributed by atoms with Crippen molar-refractivity contribution in [3.05, 3.63) is 28.5 Å². The summed E-state index contributed by atoms with van der Waals surface area (Å²) >= 11 is 11.3. The van der Waals surface area contributed by atoms with Crippen molar-refractivity contribution in [1.29, 1.82) is 0 Å². The maximum Gasteiger partial charge on any atom is 0.111 e. The molecule has 0 unspecified atom stereocenters. The zero-order chi connectivity index (χ0) is 14.4. The fourth-order valence-electron chi connectivity index (χ4n) is 2.37. The van der Waals surface area contributed by atoms with E-state index in [0.29, 0.717) is 5.88 Å². The van der Waals surface area contributed by atoms with Gasteiger partial charge in [-0.05, 0) is 43.0 Å². The van der Waals surface area contributed by atoms with Crippen LogP contribution in [0.4, 0.5) is 0 Å². The molecular weight excluding hydrogens is 356 g/mol. The molecule has 1 heterocycles. The number of rotatable bonds is 8. The monoisotopic (exact) mass is 374 g/mol. The Morgan fingerprint density at radius 1 is 1.30 bits per heavy atom. The van der Waals surface area contributed by atoms with E-state index < -0.39 is 0 Å². The van der Waals surface area contributed by atoms with E-state index in [0.717, 1.165) is 28.8 Å². The molecule has 0 fully saturated rings. The van der Waals surface area contributed by atoms with Crippen molar-refractivity contribution in [2.24, 2.45) is 0 Å². The van der Waals surface area contributed by atoms with Crippen LogP contribution in [0.25, 0.3) is 11.0 Å². The number of thioether (sulfide) groups is 1. The molecule has 2 nitrogen and oxygen atoms in total. The van der Waals surface area contributed by atoms with Crippen LogP contribution < -0.4 is 0 Å². The molecule has 0 atom stereocenters. The normalized spacial score (nSPS) is 11.3. The Morgan fingerprint density at radius 3 is 2.90 bits per heavy atom. The fourth-order valence-corrected chi connectivity index (χ4v) is 3.38. The molecule has 0 amide bonds. The topological polar surface area (TPSA) is 17.8 Å². The minimum atomic E-state index is 0.622. The van der Waals surface area contributed by atoms with Gasteiger partial charge in [-0.15, -0.1) is 11.6 Å². The van der Waals surface area contributed by atoms with Crippen LogP contribution >= 0.6 is 39.3 Å². The minimum Gasteiger partial charge on any atom is -0.328 e. The molecule has 2 aromatic rings. The van der Waals surface area contributed by atoms with Crippen molar-refractivity contribution in [2.45, 2.75) is 32.2 Å². The first kappa shape index (κ1) is 16.2. The number of aromatic nitrogens is 2. The number of hydrogen-bond acceptors (Lipinski definition) is 2. The first-order chi connectivity index (χ1) is 9.76. The van der Waals surface area contributed by atoms with Crippen LogP contribution in [0.1, 0.15) is 25.1 Å². The molecule has 0 spiro atoms. The van der Waals surface area contributed by atoms with Gasteiger partial charge in [0.15, 0.2) is 0 Å². The van der Waals surface area contributed by atoms with Gasteiger partial charge in [-0.25, -0.2) is 4.98 Å². The summed E-state index contributed by atoms with van der Waals surface area (Å²) in [7, 11) is 0. The average molecular weight is 376 g/mol. The maximum atomic E-state index is 5.90. The number of unbranched alkanes of at least 4 members (excludes halogenated alkanes) is 2. The van der Waals surface area contributed by atoms with Crippen LogP contribution in [-0.4, -0.2) is 27.4 Å². The van der Waals surface area contributed by atoms with Gasteiger partial charge in [-0.3, -0.25) is 0 Å². The molecule has 0 saturated carbocycles. The van der Waals surface area contributed by atoms with E-state index in [-0.39, 0.29) is 0 Å². The second-order valence-electron chi connectivity index (χ2n) is 4.81. The molecule has 0 aliphatic heterocycles. The van der Waals surface area contributed by atoms with E-state index >= 15 is 0 Å². The Hall–Kier alpha value is -0.190. The summed E-state index contributed by atoms with van der Waals surface area (Å²) in [5, 5.41) is 0. The summed E-state index contributed by atoms with van der Waals surface area (Å²) in [5.74, 6) is 2.99. The van der Waals surface area contributed by atoms with Gasteiger partial charge in [0.25, 0.3) is 0 Å². The van der Waals surface area contributed by atoms with E-state index in [1.165, 1.54) is 30.5 Å². The highest BCUT2D eigenvalue weighted by molar-refractivity contribution is 9.10. The van der Waals surface area contributed by atoms with Gasteiger partial charge in [0.05, 0.1) is 11.0 Å². The molecule has 1 aromatic heterocycles. The van der Waals surface area contributed by atoms with E-state index in [2.05, 4.69) is 45.0 Å². The van der Waals surface area contributed by atoms with Gasteiger partial charge in [0, 0.05) is 23.3 Å². The van der Waals surface area contributed by atoms with E-state index in [9.17, 15) is 0 Å². The van der Waals surface area contributed by atoms with Gasteiger partial charge in [0.2, 0.25) is 0 Å². The molecule has 0 aliphatic rings. The number of imidazole rings is 1. The third-order valence-electron chi connectivity index (χ3n) is 3.34. The lowest BCUT2D eigenvalue weighted by Crippen LogP contribution is -2.05. The van der Waals surface area contributed by atoms with Crippen molar-refractivity contribution in [2.75, 3.05) is 17.9 Å². The van der Waals surface area contributed by atoms with Crippen LogP contribution in [0.15, 0.2) is 22.7 Å². The average Bonchev–Trinajstić information content (AvgIpc) is 2.76. The molecule has 110 valence electrons. The molecular formula is C15H20BrClN2S. The third-order valence-corrected chi connectivity index (χ3v) is 4.72. The zero-order valence-electron chi connectivity index (χ0n) is 11.7. The summed E-state index contributed by atoms with van der Waals surface area (Å²) in [6.45, 7) is 1.04. The highest BCUT2D eigenvalue weighted by atomic mass is 79.9. The number of alkyl halides is 1. The first-order valence-electron chi connectivity index (χ1n) is 6.96. The van der Waals surface area contributed by atoms with Crippen LogP contribution in [0.2, 0.25) is 0 Å². The Labute approximate surface area is 138 Å². The van der Waals surface area contributed by atoms with Gasteiger partial charge in [0.1, 0.15) is 5.82 Å². The number of benzene rings is 1. The summed E-state index contributed by atoms with van der Waals surface area (Å²) < 4.78 is 3.41. The molecule has 0 radical (unpaired) electrons. The highest BCUT2D eigenvalue weighted by Gasteiger charge is 2.10. The zero-order valence-corrected chi connectivity index (χ0v) is 14.9. The number of halogens is 2. The molecule has 5 heteroatoms. The SMILES string of the molecule is CSCCCCCn1c(CCCl)nc2cc(Br)ccc21. The Kier molecular flexibility index (Phi) is 6.72. The summed E-state index contributed by atoms with van der Waals surface area (Å²) in [6.07, 6.45) is 6.78. The van der Waals surface area contributed by atoms with Gasteiger partial charge in [-0.1, -0.05) is 22.4 Å². The maximum absolute atomic E-state index is 5.90. The molecule has 1 aromatic carbocycles. The number of aryl methyl sites for hydroxylation is 2. The molecule has 0 N–H and O–H groups in total. The second kappa shape index (κ2) is 8.30. The van der Waals surface area contributed by atoms with Crippen LogP contribution in [0.3, 0.4) is 0 Å². The lowest BCUT2D eigenvalue weighted by molar-refractivity contribution is 0.596. The lowest BCUT2D eigenvalue weighted by Gasteiger charge is -2.08. The lowest BCUT2D eigenvalue weighted by atomic mass is 10.2. The smallest absolute Gasteiger partial charge is 0.111 e. The highest BCUT2D eigenvalue weighted by Crippen LogP contribution is 2.22. The summed E-state index contributed by atoms with van der Waals surface area (Å²) in [6, 6.07) is 6.31. The van der Waals surface area contributed by atoms with Crippen LogP contribution in [0.5, 0.6) is 0 Å². The van der Waals surface area contributed by atoms with Crippen molar-refractivity contribution >= 4 is 50.3 Å². The van der Waals surface area contributed by atoms with E-state index in [1.54, 1.807) is 0 Å². The summed E-state index contributed by atoms with van der Waals surface area (Å²) in [4.78, 5) is 4.72. The van der Waals surface area contributed by atoms with E-state index in [1.807, 2.05) is 11.8 Å². The van der Waals surface area contributed by atoms with Crippen molar-refractivity contribution < 1.29 is 0 Å². The van der Waals surface area contributed by atoms with Gasteiger partial charge < -0.3 is 4.57 Å². The first-order valence-corrected chi connectivity index (χ1v) is 9.68. The molecule has 0 bridgehead atoms. The minimum absolute atomic E-state index is 0.622.